The lowest BCUT2D eigenvalue weighted by atomic mass is 10.1. The Kier molecular flexibility index (Phi) is 3.67. The zero-order chi connectivity index (χ0) is 12.2. The fourth-order valence-corrected chi connectivity index (χ4v) is 3.48. The van der Waals surface area contributed by atoms with Gasteiger partial charge in [-0.15, -0.1) is 11.8 Å². The molecule has 0 fully saturated rings. The molecule has 1 atom stereocenters. The van der Waals surface area contributed by atoms with Crippen LogP contribution in [0.4, 0.5) is 0 Å². The molecule has 1 aromatic heterocycles. The molecule has 18 heavy (non-hydrogen) atoms. The van der Waals surface area contributed by atoms with E-state index in [1.807, 2.05) is 30.5 Å². The second kappa shape index (κ2) is 5.59. The summed E-state index contributed by atoms with van der Waals surface area (Å²) in [6.07, 6.45) is 6.86. The Morgan fingerprint density at radius 1 is 1.39 bits per heavy atom. The molecule has 1 aromatic carbocycles. The number of hydrogen-bond acceptors (Lipinski definition) is 3. The quantitative estimate of drug-likeness (QED) is 0.837. The number of nitrogens with zero attached hydrogens (tertiary/aromatic N) is 2. The van der Waals surface area contributed by atoms with E-state index in [1.165, 1.54) is 10.5 Å². The molecule has 0 saturated carbocycles. The summed E-state index contributed by atoms with van der Waals surface area (Å²) in [5.74, 6) is 1.16. The Balaban J connectivity index is 1.47. The molecular weight excluding hydrogens is 242 g/mol. The molecule has 1 unspecified atom stereocenters. The summed E-state index contributed by atoms with van der Waals surface area (Å²) in [5.41, 5.74) is 1.46. The molecule has 2 aromatic rings. The first kappa shape index (κ1) is 11.8. The lowest BCUT2D eigenvalue weighted by molar-refractivity contribution is 0.532. The molecule has 4 heteroatoms. The highest BCUT2D eigenvalue weighted by atomic mass is 32.2. The standard InChI is InChI=1S/C14H17N3S/c1-2-5-14-12(4-1)13(10-18-14)16-6-3-8-17-9-7-15-11-17/h1-2,4-5,7,9,11,13,16H,3,6,8,10H2. The minimum absolute atomic E-state index is 0.522. The molecule has 3 rings (SSSR count). The van der Waals surface area contributed by atoms with Crippen molar-refractivity contribution in [3.8, 4) is 0 Å². The highest BCUT2D eigenvalue weighted by Crippen LogP contribution is 2.37. The number of benzene rings is 1. The van der Waals surface area contributed by atoms with Crippen LogP contribution in [0.1, 0.15) is 18.0 Å². The first-order valence-corrected chi connectivity index (χ1v) is 7.33. The Morgan fingerprint density at radius 3 is 3.22 bits per heavy atom. The molecule has 0 aliphatic carbocycles. The number of aryl methyl sites for hydroxylation is 1. The first-order valence-electron chi connectivity index (χ1n) is 6.34. The molecule has 0 amide bonds. The molecule has 0 saturated heterocycles. The van der Waals surface area contributed by atoms with Gasteiger partial charge in [-0.3, -0.25) is 0 Å². The molecule has 0 bridgehead atoms. The van der Waals surface area contributed by atoms with Gasteiger partial charge >= 0.3 is 0 Å². The van der Waals surface area contributed by atoms with E-state index in [2.05, 4.69) is 39.1 Å². The Labute approximate surface area is 112 Å². The third-order valence-electron chi connectivity index (χ3n) is 3.24. The summed E-state index contributed by atoms with van der Waals surface area (Å²) in [4.78, 5) is 5.48. The number of nitrogens with one attached hydrogen (secondary N) is 1. The van der Waals surface area contributed by atoms with E-state index >= 15 is 0 Å². The van der Waals surface area contributed by atoms with Gasteiger partial charge < -0.3 is 9.88 Å². The maximum absolute atomic E-state index is 4.05. The molecule has 1 aliphatic heterocycles. The highest BCUT2D eigenvalue weighted by molar-refractivity contribution is 7.99. The molecule has 0 spiro atoms. The predicted octanol–water partition coefficient (Wildman–Crippen LogP) is 2.71. The largest absolute Gasteiger partial charge is 0.337 e. The number of aromatic nitrogens is 2. The second-order valence-electron chi connectivity index (χ2n) is 4.51. The fraction of sp³-hybridized carbons (Fsp3) is 0.357. The summed E-state index contributed by atoms with van der Waals surface area (Å²) in [6, 6.07) is 9.22. The number of hydrogen-bond donors (Lipinski definition) is 1. The van der Waals surface area contributed by atoms with Gasteiger partial charge in [0.25, 0.3) is 0 Å². The maximum Gasteiger partial charge on any atom is 0.0945 e. The molecule has 2 heterocycles. The van der Waals surface area contributed by atoms with Crippen LogP contribution in [0.25, 0.3) is 0 Å². The third kappa shape index (κ3) is 2.60. The molecule has 0 radical (unpaired) electrons. The van der Waals surface area contributed by atoms with E-state index in [9.17, 15) is 0 Å². The lowest BCUT2D eigenvalue weighted by Gasteiger charge is -2.13. The van der Waals surface area contributed by atoms with Crippen molar-refractivity contribution >= 4 is 11.8 Å². The smallest absolute Gasteiger partial charge is 0.0945 e. The number of rotatable bonds is 5. The van der Waals surface area contributed by atoms with Crippen LogP contribution in [-0.2, 0) is 6.54 Å². The Morgan fingerprint density at radius 2 is 2.33 bits per heavy atom. The van der Waals surface area contributed by atoms with Crippen LogP contribution in [0.15, 0.2) is 47.9 Å². The van der Waals surface area contributed by atoms with Crippen molar-refractivity contribution in [3.05, 3.63) is 48.5 Å². The zero-order valence-electron chi connectivity index (χ0n) is 10.2. The number of thioether (sulfide) groups is 1. The van der Waals surface area contributed by atoms with Crippen molar-refractivity contribution in [1.82, 2.24) is 14.9 Å². The van der Waals surface area contributed by atoms with Crippen molar-refractivity contribution in [1.29, 1.82) is 0 Å². The monoisotopic (exact) mass is 259 g/mol. The van der Waals surface area contributed by atoms with Crippen molar-refractivity contribution in [2.75, 3.05) is 12.3 Å². The Hall–Kier alpha value is -1.26. The molecule has 1 N–H and O–H groups in total. The second-order valence-corrected chi connectivity index (χ2v) is 5.57. The van der Waals surface area contributed by atoms with Crippen LogP contribution in [0.5, 0.6) is 0 Å². The van der Waals surface area contributed by atoms with E-state index in [0.29, 0.717) is 6.04 Å². The fourth-order valence-electron chi connectivity index (χ4n) is 2.29. The molecular formula is C14H17N3S. The minimum Gasteiger partial charge on any atom is -0.337 e. The van der Waals surface area contributed by atoms with Crippen LogP contribution in [0, 0.1) is 0 Å². The van der Waals surface area contributed by atoms with Crippen molar-refractivity contribution < 1.29 is 0 Å². The van der Waals surface area contributed by atoms with Gasteiger partial charge in [-0.25, -0.2) is 4.98 Å². The predicted molar refractivity (Wildman–Crippen MR) is 74.8 cm³/mol. The average molecular weight is 259 g/mol. The van der Waals surface area contributed by atoms with Crippen molar-refractivity contribution in [2.45, 2.75) is 23.9 Å². The lowest BCUT2D eigenvalue weighted by Crippen LogP contribution is -2.23. The summed E-state index contributed by atoms with van der Waals surface area (Å²) in [5, 5.41) is 3.65. The van der Waals surface area contributed by atoms with Crippen molar-refractivity contribution in [3.63, 3.8) is 0 Å². The third-order valence-corrected chi connectivity index (χ3v) is 4.43. The van der Waals surface area contributed by atoms with Crippen LogP contribution < -0.4 is 5.32 Å². The zero-order valence-corrected chi connectivity index (χ0v) is 11.1. The summed E-state index contributed by atoms with van der Waals surface area (Å²) in [6.45, 7) is 2.09. The normalized spacial score (nSPS) is 17.9. The Bertz CT molecular complexity index is 496. The van der Waals surface area contributed by atoms with E-state index in [1.54, 1.807) is 0 Å². The van der Waals surface area contributed by atoms with Gasteiger partial charge in [0.05, 0.1) is 6.33 Å². The molecule has 94 valence electrons. The van der Waals surface area contributed by atoms with Gasteiger partial charge in [-0.2, -0.15) is 0 Å². The summed E-state index contributed by atoms with van der Waals surface area (Å²) in [7, 11) is 0. The number of imidazole rings is 1. The van der Waals surface area contributed by atoms with E-state index in [-0.39, 0.29) is 0 Å². The van der Waals surface area contributed by atoms with Gasteiger partial charge in [-0.1, -0.05) is 18.2 Å². The minimum atomic E-state index is 0.522. The van der Waals surface area contributed by atoms with E-state index in [4.69, 9.17) is 0 Å². The topological polar surface area (TPSA) is 29.9 Å². The summed E-state index contributed by atoms with van der Waals surface area (Å²) < 4.78 is 2.12. The van der Waals surface area contributed by atoms with E-state index in [0.717, 1.165) is 25.3 Å². The van der Waals surface area contributed by atoms with Gasteiger partial charge in [0.1, 0.15) is 0 Å². The van der Waals surface area contributed by atoms with Crippen LogP contribution in [-0.4, -0.2) is 21.8 Å². The van der Waals surface area contributed by atoms with Gasteiger partial charge in [-0.05, 0) is 24.6 Å². The van der Waals surface area contributed by atoms with Gasteiger partial charge in [0, 0.05) is 35.6 Å². The number of fused-ring (bicyclic) bond motifs is 1. The SMILES string of the molecule is c1ccc2c(c1)SCC2NCCCn1ccnc1. The van der Waals surface area contributed by atoms with Crippen LogP contribution in [0.2, 0.25) is 0 Å². The average Bonchev–Trinajstić information content (AvgIpc) is 3.04. The molecule has 1 aliphatic rings. The van der Waals surface area contributed by atoms with Crippen molar-refractivity contribution in [2.24, 2.45) is 0 Å². The van der Waals surface area contributed by atoms with Crippen LogP contribution >= 0.6 is 11.8 Å². The van der Waals surface area contributed by atoms with Crippen LogP contribution in [0.3, 0.4) is 0 Å². The van der Waals surface area contributed by atoms with Gasteiger partial charge in [0.2, 0.25) is 0 Å². The molecule has 3 nitrogen and oxygen atoms in total. The van der Waals surface area contributed by atoms with E-state index < -0.39 is 0 Å². The summed E-state index contributed by atoms with van der Waals surface area (Å²) >= 11 is 1.95. The first-order chi connectivity index (χ1) is 8.93. The van der Waals surface area contributed by atoms with Gasteiger partial charge in [0.15, 0.2) is 0 Å². The maximum atomic E-state index is 4.05. The highest BCUT2D eigenvalue weighted by Gasteiger charge is 2.21.